The van der Waals surface area contributed by atoms with Crippen LogP contribution in [0.5, 0.6) is 0 Å². The molecule has 0 aliphatic rings. The number of thiazole rings is 1. The van der Waals surface area contributed by atoms with Gasteiger partial charge in [0.25, 0.3) is 0 Å². The summed E-state index contributed by atoms with van der Waals surface area (Å²) in [5.41, 5.74) is 2.53. The Kier molecular flexibility index (Phi) is 6.43. The molecule has 3 aromatic rings. The van der Waals surface area contributed by atoms with E-state index in [4.69, 9.17) is 0 Å². The summed E-state index contributed by atoms with van der Waals surface area (Å²) in [6, 6.07) is 14.5. The fourth-order valence-corrected chi connectivity index (χ4v) is 5.06. The zero-order chi connectivity index (χ0) is 20.1. The molecule has 0 fully saturated rings. The van der Waals surface area contributed by atoms with Crippen LogP contribution in [0.15, 0.2) is 48.5 Å². The summed E-state index contributed by atoms with van der Waals surface area (Å²) in [5.74, 6) is -0.370. The largest absolute Gasteiger partial charge is 0.325 e. The number of aromatic nitrogens is 1. The first-order valence-corrected chi connectivity index (χ1v) is 11.6. The molecule has 0 bridgehead atoms. The van der Waals surface area contributed by atoms with Gasteiger partial charge in [-0.3, -0.25) is 4.79 Å². The van der Waals surface area contributed by atoms with Gasteiger partial charge in [0.15, 0.2) is 0 Å². The number of carbonyl (C=O) groups is 1. The Hall–Kier alpha value is -2.29. The lowest BCUT2D eigenvalue weighted by Gasteiger charge is -2.14. The number of sulfonamides is 1. The molecule has 0 saturated heterocycles. The number of unbranched alkanes of at least 4 members (excludes halogenated alkanes) is 1. The highest BCUT2D eigenvalue weighted by Gasteiger charge is 2.20. The Bertz CT molecular complexity index is 1030. The molecule has 1 atom stereocenters. The van der Waals surface area contributed by atoms with Crippen molar-refractivity contribution in [1.29, 1.82) is 0 Å². The molecule has 1 heterocycles. The minimum Gasteiger partial charge on any atom is -0.325 e. The number of nitrogens with one attached hydrogen (secondary N) is 2. The second-order valence-corrected chi connectivity index (χ2v) is 9.47. The van der Waals surface area contributed by atoms with Crippen LogP contribution in [0.2, 0.25) is 0 Å². The summed E-state index contributed by atoms with van der Waals surface area (Å²) < 4.78 is 27.4. The topological polar surface area (TPSA) is 88.2 Å². The zero-order valence-electron chi connectivity index (χ0n) is 15.8. The molecule has 2 aromatic carbocycles. The van der Waals surface area contributed by atoms with Crippen molar-refractivity contribution in [2.45, 2.75) is 32.7 Å². The summed E-state index contributed by atoms with van der Waals surface area (Å²) in [5, 5.41) is 3.66. The Morgan fingerprint density at radius 1 is 1.14 bits per heavy atom. The first-order chi connectivity index (χ1) is 13.4. The molecule has 1 amide bonds. The summed E-state index contributed by atoms with van der Waals surface area (Å²) in [6.07, 6.45) is 1.35. The van der Waals surface area contributed by atoms with Crippen LogP contribution in [-0.4, -0.2) is 31.1 Å². The third-order valence-corrected chi connectivity index (χ3v) is 6.83. The third kappa shape index (κ3) is 5.15. The van der Waals surface area contributed by atoms with Gasteiger partial charge in [-0.15, -0.1) is 11.3 Å². The van der Waals surface area contributed by atoms with E-state index in [0.29, 0.717) is 12.1 Å². The van der Waals surface area contributed by atoms with Gasteiger partial charge in [0.1, 0.15) is 5.01 Å². The lowest BCUT2D eigenvalue weighted by Crippen LogP contribution is -2.42. The van der Waals surface area contributed by atoms with Gasteiger partial charge in [-0.25, -0.2) is 18.1 Å². The summed E-state index contributed by atoms with van der Waals surface area (Å²) in [4.78, 5) is 16.9. The van der Waals surface area contributed by atoms with Crippen LogP contribution in [0, 0.1) is 0 Å². The van der Waals surface area contributed by atoms with Crippen LogP contribution in [0.1, 0.15) is 26.7 Å². The van der Waals surface area contributed by atoms with Crippen LogP contribution in [0.25, 0.3) is 20.8 Å². The number of hydrogen-bond donors (Lipinski definition) is 2. The SMILES string of the molecule is CCCCS(=O)(=O)N[C@@H](C)C(=O)Nc1ccc(-c2nc3ccccc3s2)cc1. The zero-order valence-corrected chi connectivity index (χ0v) is 17.4. The van der Waals surface area contributed by atoms with Crippen LogP contribution >= 0.6 is 11.3 Å². The molecular formula is C20H23N3O3S2. The van der Waals surface area contributed by atoms with E-state index in [1.807, 2.05) is 43.3 Å². The van der Waals surface area contributed by atoms with Gasteiger partial charge in [-0.1, -0.05) is 25.5 Å². The molecule has 3 rings (SSSR count). The monoisotopic (exact) mass is 417 g/mol. The van der Waals surface area contributed by atoms with Gasteiger partial charge >= 0.3 is 0 Å². The number of hydrogen-bond acceptors (Lipinski definition) is 5. The Morgan fingerprint density at radius 3 is 2.54 bits per heavy atom. The van der Waals surface area contributed by atoms with Crippen LogP contribution in [0.4, 0.5) is 5.69 Å². The maximum absolute atomic E-state index is 12.3. The smallest absolute Gasteiger partial charge is 0.242 e. The van der Waals surface area contributed by atoms with Crippen molar-refractivity contribution in [3.05, 3.63) is 48.5 Å². The first-order valence-electron chi connectivity index (χ1n) is 9.15. The molecule has 6 nitrogen and oxygen atoms in total. The number of rotatable bonds is 8. The van der Waals surface area contributed by atoms with E-state index in [0.717, 1.165) is 27.2 Å². The van der Waals surface area contributed by atoms with Crippen LogP contribution < -0.4 is 10.0 Å². The van der Waals surface area contributed by atoms with E-state index in [2.05, 4.69) is 15.0 Å². The normalized spacial score (nSPS) is 12.8. The third-order valence-electron chi connectivity index (χ3n) is 4.21. The predicted octanol–water partition coefficient (Wildman–Crippen LogP) is 4.01. The molecule has 2 N–H and O–H groups in total. The fourth-order valence-electron chi connectivity index (χ4n) is 2.66. The van der Waals surface area contributed by atoms with Crippen molar-refractivity contribution in [3.63, 3.8) is 0 Å². The Morgan fingerprint density at radius 2 is 1.86 bits per heavy atom. The maximum atomic E-state index is 12.3. The number of nitrogens with zero attached hydrogens (tertiary/aromatic N) is 1. The van der Waals surface area contributed by atoms with Gasteiger partial charge in [0, 0.05) is 11.3 Å². The predicted molar refractivity (Wildman–Crippen MR) is 115 cm³/mol. The minimum atomic E-state index is -3.45. The number of benzene rings is 2. The van der Waals surface area contributed by atoms with Crippen molar-refractivity contribution in [3.8, 4) is 10.6 Å². The summed E-state index contributed by atoms with van der Waals surface area (Å²) in [6.45, 7) is 3.46. The lowest BCUT2D eigenvalue weighted by atomic mass is 10.2. The Balaban J connectivity index is 1.64. The first kappa shape index (κ1) is 20.4. The molecule has 0 unspecified atom stereocenters. The molecule has 0 spiro atoms. The molecule has 8 heteroatoms. The number of carbonyl (C=O) groups excluding carboxylic acids is 1. The minimum absolute atomic E-state index is 0.0258. The number of fused-ring (bicyclic) bond motifs is 1. The van der Waals surface area contributed by atoms with Crippen LogP contribution in [0.3, 0.4) is 0 Å². The molecule has 0 aliphatic carbocycles. The highest BCUT2D eigenvalue weighted by Crippen LogP contribution is 2.30. The van der Waals surface area contributed by atoms with Gasteiger partial charge in [0.2, 0.25) is 15.9 Å². The average molecular weight is 418 g/mol. The average Bonchev–Trinajstić information content (AvgIpc) is 3.11. The molecule has 0 radical (unpaired) electrons. The number of anilines is 1. The van der Waals surface area contributed by atoms with Gasteiger partial charge in [0.05, 0.1) is 22.0 Å². The van der Waals surface area contributed by atoms with Crippen molar-refractivity contribution in [2.24, 2.45) is 0 Å². The second kappa shape index (κ2) is 8.81. The molecule has 148 valence electrons. The van der Waals surface area contributed by atoms with Gasteiger partial charge < -0.3 is 5.32 Å². The molecule has 28 heavy (non-hydrogen) atoms. The number of amides is 1. The Labute approximate surface area is 169 Å². The highest BCUT2D eigenvalue weighted by atomic mass is 32.2. The van der Waals surface area contributed by atoms with E-state index < -0.39 is 22.0 Å². The molecule has 0 saturated carbocycles. The molecule has 1 aromatic heterocycles. The van der Waals surface area contributed by atoms with Crippen molar-refractivity contribution in [2.75, 3.05) is 11.1 Å². The maximum Gasteiger partial charge on any atom is 0.242 e. The quantitative estimate of drug-likeness (QED) is 0.580. The van der Waals surface area contributed by atoms with E-state index >= 15 is 0 Å². The standard InChI is InChI=1S/C20H23N3O3S2/c1-3-4-13-28(25,26)23-14(2)19(24)21-16-11-9-15(10-12-16)20-22-17-7-5-6-8-18(17)27-20/h5-12,14,23H,3-4,13H2,1-2H3,(H,21,24)/t14-/m0/s1. The van der Waals surface area contributed by atoms with Gasteiger partial charge in [-0.05, 0) is 49.7 Å². The van der Waals surface area contributed by atoms with Crippen molar-refractivity contribution >= 4 is 43.2 Å². The fraction of sp³-hybridized carbons (Fsp3) is 0.300. The molecule has 0 aliphatic heterocycles. The van der Waals surface area contributed by atoms with Crippen molar-refractivity contribution in [1.82, 2.24) is 9.71 Å². The highest BCUT2D eigenvalue weighted by molar-refractivity contribution is 7.89. The van der Waals surface area contributed by atoms with E-state index in [1.165, 1.54) is 6.92 Å². The number of para-hydroxylation sites is 1. The second-order valence-electron chi connectivity index (χ2n) is 6.57. The van der Waals surface area contributed by atoms with E-state index in [-0.39, 0.29) is 5.75 Å². The van der Waals surface area contributed by atoms with Crippen LogP contribution in [-0.2, 0) is 14.8 Å². The molecular weight excluding hydrogens is 394 g/mol. The summed E-state index contributed by atoms with van der Waals surface area (Å²) >= 11 is 1.61. The lowest BCUT2D eigenvalue weighted by molar-refractivity contribution is -0.117. The van der Waals surface area contributed by atoms with Crippen molar-refractivity contribution < 1.29 is 13.2 Å². The van der Waals surface area contributed by atoms with Gasteiger partial charge in [-0.2, -0.15) is 0 Å². The van der Waals surface area contributed by atoms with E-state index in [1.54, 1.807) is 23.5 Å². The summed E-state index contributed by atoms with van der Waals surface area (Å²) in [7, 11) is -3.45. The van der Waals surface area contributed by atoms with E-state index in [9.17, 15) is 13.2 Å².